The Labute approximate surface area is 102 Å². The minimum Gasteiger partial charge on any atom is -0.314 e. The quantitative estimate of drug-likeness (QED) is 0.718. The van der Waals surface area contributed by atoms with Crippen molar-refractivity contribution in [3.8, 4) is 0 Å². The van der Waals surface area contributed by atoms with Gasteiger partial charge in [-0.1, -0.05) is 13.3 Å². The van der Waals surface area contributed by atoms with Crippen LogP contribution in [0.2, 0.25) is 0 Å². The third kappa shape index (κ3) is 5.31. The zero-order valence-corrected chi connectivity index (χ0v) is 11.5. The highest BCUT2D eigenvalue weighted by Crippen LogP contribution is 2.12. The van der Waals surface area contributed by atoms with Crippen molar-refractivity contribution in [1.82, 2.24) is 10.2 Å². The molecule has 0 bridgehead atoms. The van der Waals surface area contributed by atoms with Crippen LogP contribution in [0.3, 0.4) is 0 Å². The molecular weight excluding hydrogens is 196 g/mol. The summed E-state index contributed by atoms with van der Waals surface area (Å²) in [6.45, 7) is 10.7. The molecule has 1 aliphatic heterocycles. The van der Waals surface area contributed by atoms with Crippen LogP contribution in [0.4, 0.5) is 0 Å². The average molecular weight is 226 g/mol. The molecule has 0 aromatic heterocycles. The van der Waals surface area contributed by atoms with E-state index in [9.17, 15) is 0 Å². The van der Waals surface area contributed by atoms with Crippen molar-refractivity contribution in [3.63, 3.8) is 0 Å². The Bertz CT molecular complexity index is 162. The van der Waals surface area contributed by atoms with Crippen LogP contribution in [-0.4, -0.2) is 36.6 Å². The smallest absolute Gasteiger partial charge is 0.00675 e. The van der Waals surface area contributed by atoms with Crippen molar-refractivity contribution >= 4 is 0 Å². The van der Waals surface area contributed by atoms with Gasteiger partial charge in [-0.05, 0) is 65.6 Å². The lowest BCUT2D eigenvalue weighted by atomic mass is 10.0. The van der Waals surface area contributed by atoms with Gasteiger partial charge >= 0.3 is 0 Å². The molecule has 16 heavy (non-hydrogen) atoms. The number of rotatable bonds is 7. The molecule has 1 unspecified atom stereocenters. The molecule has 1 atom stereocenters. The van der Waals surface area contributed by atoms with Crippen LogP contribution in [0.15, 0.2) is 0 Å². The standard InChI is InChI=1S/C14H30N2/c1-4-11-16(13(2)3)12-7-9-14-8-5-6-10-15-14/h13-15H,4-12H2,1-3H3. The number of nitrogens with zero attached hydrogens (tertiary/aromatic N) is 1. The predicted molar refractivity (Wildman–Crippen MR) is 71.9 cm³/mol. The molecule has 0 saturated carbocycles. The zero-order valence-electron chi connectivity index (χ0n) is 11.5. The molecule has 0 radical (unpaired) electrons. The van der Waals surface area contributed by atoms with Gasteiger partial charge in [0.05, 0.1) is 0 Å². The third-order valence-corrected chi connectivity index (χ3v) is 3.65. The fraction of sp³-hybridized carbons (Fsp3) is 1.00. The van der Waals surface area contributed by atoms with Gasteiger partial charge in [-0.25, -0.2) is 0 Å². The lowest BCUT2D eigenvalue weighted by Crippen LogP contribution is -2.36. The van der Waals surface area contributed by atoms with Crippen molar-refractivity contribution in [1.29, 1.82) is 0 Å². The Balaban J connectivity index is 2.11. The molecule has 0 spiro atoms. The van der Waals surface area contributed by atoms with Crippen LogP contribution in [0.1, 0.15) is 59.3 Å². The molecule has 2 heteroatoms. The van der Waals surface area contributed by atoms with E-state index >= 15 is 0 Å². The topological polar surface area (TPSA) is 15.3 Å². The van der Waals surface area contributed by atoms with Crippen LogP contribution < -0.4 is 5.32 Å². The van der Waals surface area contributed by atoms with Gasteiger partial charge in [0, 0.05) is 12.1 Å². The van der Waals surface area contributed by atoms with Gasteiger partial charge in [0.2, 0.25) is 0 Å². The Hall–Kier alpha value is -0.0800. The first-order valence-electron chi connectivity index (χ1n) is 7.21. The molecule has 0 amide bonds. The second-order valence-electron chi connectivity index (χ2n) is 5.42. The largest absolute Gasteiger partial charge is 0.314 e. The highest BCUT2D eigenvalue weighted by Gasteiger charge is 2.13. The highest BCUT2D eigenvalue weighted by atomic mass is 15.1. The fourth-order valence-electron chi connectivity index (χ4n) is 2.63. The summed E-state index contributed by atoms with van der Waals surface area (Å²) < 4.78 is 0. The van der Waals surface area contributed by atoms with Crippen molar-refractivity contribution < 1.29 is 0 Å². The average Bonchev–Trinajstić information content (AvgIpc) is 2.29. The Morgan fingerprint density at radius 3 is 2.62 bits per heavy atom. The minimum absolute atomic E-state index is 0.708. The normalized spacial score (nSPS) is 21.9. The van der Waals surface area contributed by atoms with Crippen LogP contribution >= 0.6 is 0 Å². The summed E-state index contributed by atoms with van der Waals surface area (Å²) in [5.74, 6) is 0. The maximum atomic E-state index is 3.64. The van der Waals surface area contributed by atoms with E-state index in [2.05, 4.69) is 31.0 Å². The lowest BCUT2D eigenvalue weighted by Gasteiger charge is -2.28. The highest BCUT2D eigenvalue weighted by molar-refractivity contribution is 4.73. The van der Waals surface area contributed by atoms with E-state index in [-0.39, 0.29) is 0 Å². The molecule has 1 heterocycles. The van der Waals surface area contributed by atoms with Gasteiger partial charge in [0.25, 0.3) is 0 Å². The zero-order chi connectivity index (χ0) is 11.8. The first kappa shape index (κ1) is 14.0. The van der Waals surface area contributed by atoms with Crippen LogP contribution in [-0.2, 0) is 0 Å². The summed E-state index contributed by atoms with van der Waals surface area (Å²) in [5, 5.41) is 3.64. The Morgan fingerprint density at radius 2 is 2.06 bits per heavy atom. The van der Waals surface area contributed by atoms with Crippen LogP contribution in [0, 0.1) is 0 Å². The van der Waals surface area contributed by atoms with E-state index in [1.807, 2.05) is 0 Å². The summed E-state index contributed by atoms with van der Waals surface area (Å²) in [6, 6.07) is 1.52. The van der Waals surface area contributed by atoms with E-state index in [0.717, 1.165) is 6.04 Å². The molecule has 1 rings (SSSR count). The van der Waals surface area contributed by atoms with E-state index in [1.165, 1.54) is 58.2 Å². The third-order valence-electron chi connectivity index (χ3n) is 3.65. The van der Waals surface area contributed by atoms with Gasteiger partial charge in [-0.3, -0.25) is 0 Å². The van der Waals surface area contributed by atoms with Crippen LogP contribution in [0.25, 0.3) is 0 Å². The number of hydrogen-bond donors (Lipinski definition) is 1. The molecule has 0 aromatic rings. The summed E-state index contributed by atoms with van der Waals surface area (Å²) in [7, 11) is 0. The van der Waals surface area contributed by atoms with Gasteiger partial charge in [0.1, 0.15) is 0 Å². The van der Waals surface area contributed by atoms with Crippen molar-refractivity contribution in [2.45, 2.75) is 71.4 Å². The lowest BCUT2D eigenvalue weighted by molar-refractivity contribution is 0.212. The van der Waals surface area contributed by atoms with Gasteiger partial charge in [-0.15, -0.1) is 0 Å². The second kappa shape index (κ2) is 8.08. The monoisotopic (exact) mass is 226 g/mol. The van der Waals surface area contributed by atoms with Crippen molar-refractivity contribution in [3.05, 3.63) is 0 Å². The molecule has 96 valence electrons. The Morgan fingerprint density at radius 1 is 1.25 bits per heavy atom. The molecule has 1 fully saturated rings. The van der Waals surface area contributed by atoms with E-state index in [0.29, 0.717) is 6.04 Å². The summed E-state index contributed by atoms with van der Waals surface area (Å²) >= 11 is 0. The van der Waals surface area contributed by atoms with Crippen LogP contribution in [0.5, 0.6) is 0 Å². The van der Waals surface area contributed by atoms with Crippen molar-refractivity contribution in [2.24, 2.45) is 0 Å². The van der Waals surface area contributed by atoms with Crippen molar-refractivity contribution in [2.75, 3.05) is 19.6 Å². The van der Waals surface area contributed by atoms with E-state index in [1.54, 1.807) is 0 Å². The molecule has 1 aliphatic rings. The maximum absolute atomic E-state index is 3.64. The summed E-state index contributed by atoms with van der Waals surface area (Å²) in [4.78, 5) is 2.61. The number of nitrogens with one attached hydrogen (secondary N) is 1. The Kier molecular flexibility index (Phi) is 7.06. The first-order valence-corrected chi connectivity index (χ1v) is 7.21. The maximum Gasteiger partial charge on any atom is 0.00675 e. The fourth-order valence-corrected chi connectivity index (χ4v) is 2.63. The number of piperidine rings is 1. The molecule has 0 aromatic carbocycles. The predicted octanol–water partition coefficient (Wildman–Crippen LogP) is 3.03. The SMILES string of the molecule is CCCN(CCCC1CCCCN1)C(C)C. The first-order chi connectivity index (χ1) is 7.74. The number of hydrogen-bond acceptors (Lipinski definition) is 2. The second-order valence-corrected chi connectivity index (χ2v) is 5.42. The minimum atomic E-state index is 0.708. The molecule has 0 aliphatic carbocycles. The summed E-state index contributed by atoms with van der Waals surface area (Å²) in [6.07, 6.45) is 8.21. The van der Waals surface area contributed by atoms with E-state index in [4.69, 9.17) is 0 Å². The molecule has 1 saturated heterocycles. The molecular formula is C14H30N2. The summed E-state index contributed by atoms with van der Waals surface area (Å²) in [5.41, 5.74) is 0. The van der Waals surface area contributed by atoms with Gasteiger partial charge < -0.3 is 10.2 Å². The van der Waals surface area contributed by atoms with Gasteiger partial charge in [0.15, 0.2) is 0 Å². The van der Waals surface area contributed by atoms with Gasteiger partial charge in [-0.2, -0.15) is 0 Å². The molecule has 1 N–H and O–H groups in total. The molecule has 2 nitrogen and oxygen atoms in total. The van der Waals surface area contributed by atoms with E-state index < -0.39 is 0 Å².